The van der Waals surface area contributed by atoms with E-state index < -0.39 is 0 Å². The molecule has 0 saturated heterocycles. The summed E-state index contributed by atoms with van der Waals surface area (Å²) in [5.41, 5.74) is 1.75. The minimum Gasteiger partial charge on any atom is -0.179 e. The molecule has 0 radical (unpaired) electrons. The lowest BCUT2D eigenvalue weighted by atomic mass is 10.6. The Balaban J connectivity index is 2.15. The van der Waals surface area contributed by atoms with Crippen LogP contribution in [0, 0.1) is 0 Å². The highest BCUT2D eigenvalue weighted by molar-refractivity contribution is 8.01. The van der Waals surface area contributed by atoms with Gasteiger partial charge in [-0.3, -0.25) is 0 Å². The van der Waals surface area contributed by atoms with Crippen molar-refractivity contribution in [2.45, 2.75) is 10.8 Å². The van der Waals surface area contributed by atoms with Gasteiger partial charge in [0.05, 0.1) is 0 Å². The minimum absolute atomic E-state index is 0.950. The fourth-order valence-electron chi connectivity index (χ4n) is 0.450. The van der Waals surface area contributed by atoms with Gasteiger partial charge >= 0.3 is 0 Å². The minimum atomic E-state index is 0.950. The quantitative estimate of drug-likeness (QED) is 0.448. The molecular weight excluding hydrogens is 184 g/mol. The molecule has 0 aliphatic carbocycles. The molecule has 0 aliphatic heterocycles. The van der Waals surface area contributed by atoms with Crippen molar-refractivity contribution in [3.8, 4) is 0 Å². The van der Waals surface area contributed by atoms with Crippen molar-refractivity contribution in [3.63, 3.8) is 0 Å². The van der Waals surface area contributed by atoms with Gasteiger partial charge in [0.2, 0.25) is 0 Å². The first-order valence-electron chi connectivity index (χ1n) is 2.93. The Morgan fingerprint density at radius 3 is 3.20 bits per heavy atom. The molecule has 1 heterocycles. The zero-order valence-electron chi connectivity index (χ0n) is 5.36. The summed E-state index contributed by atoms with van der Waals surface area (Å²) in [5, 5.41) is 7.62. The lowest BCUT2D eigenvalue weighted by Crippen LogP contribution is -1.79. The van der Waals surface area contributed by atoms with Gasteiger partial charge < -0.3 is 0 Å². The van der Waals surface area contributed by atoms with Crippen LogP contribution in [-0.4, -0.2) is 21.7 Å². The zero-order valence-corrected chi connectivity index (χ0v) is 7.88. The molecule has 0 bridgehead atoms. The maximum atomic E-state index is 4.11. The summed E-state index contributed by atoms with van der Waals surface area (Å²) >= 11 is 7.44. The lowest BCUT2D eigenvalue weighted by molar-refractivity contribution is 1.01. The van der Waals surface area contributed by atoms with Gasteiger partial charge in [0.15, 0.2) is 4.34 Å². The molecule has 2 nitrogen and oxygen atoms in total. The summed E-state index contributed by atoms with van der Waals surface area (Å²) in [6.07, 6.45) is 1.13. The maximum absolute atomic E-state index is 4.11. The van der Waals surface area contributed by atoms with Crippen LogP contribution in [0.1, 0.15) is 6.42 Å². The molecule has 0 aromatic carbocycles. The molecule has 0 atom stereocenters. The van der Waals surface area contributed by atoms with Crippen LogP contribution in [0.2, 0.25) is 0 Å². The highest BCUT2D eigenvalue weighted by Gasteiger charge is 1.94. The average molecular weight is 192 g/mol. The van der Waals surface area contributed by atoms with Crippen molar-refractivity contribution in [1.82, 2.24) is 10.2 Å². The van der Waals surface area contributed by atoms with Gasteiger partial charge in [-0.1, -0.05) is 23.1 Å². The number of thiol groups is 1. The third kappa shape index (κ3) is 2.90. The topological polar surface area (TPSA) is 25.8 Å². The molecule has 5 heteroatoms. The van der Waals surface area contributed by atoms with Crippen molar-refractivity contribution >= 4 is 35.7 Å². The number of nitrogens with zero attached hydrogens (tertiary/aromatic N) is 2. The van der Waals surface area contributed by atoms with Gasteiger partial charge in [-0.2, -0.15) is 12.6 Å². The Morgan fingerprint density at radius 1 is 1.70 bits per heavy atom. The molecule has 0 saturated carbocycles. The fraction of sp³-hybridized carbons (Fsp3) is 0.600. The molecule has 0 aliphatic rings. The molecule has 0 spiro atoms. The predicted molar refractivity (Wildman–Crippen MR) is 49.1 cm³/mol. The van der Waals surface area contributed by atoms with Gasteiger partial charge in [0.25, 0.3) is 0 Å². The monoisotopic (exact) mass is 192 g/mol. The van der Waals surface area contributed by atoms with Gasteiger partial charge in [-0.25, -0.2) is 0 Å². The van der Waals surface area contributed by atoms with E-state index in [-0.39, 0.29) is 0 Å². The number of rotatable bonds is 4. The number of aromatic nitrogens is 2. The first kappa shape index (κ1) is 8.36. The molecule has 10 heavy (non-hydrogen) atoms. The van der Waals surface area contributed by atoms with Crippen LogP contribution in [0.5, 0.6) is 0 Å². The van der Waals surface area contributed by atoms with Crippen LogP contribution < -0.4 is 0 Å². The number of thioether (sulfide) groups is 1. The summed E-state index contributed by atoms with van der Waals surface area (Å²) < 4.78 is 1.06. The van der Waals surface area contributed by atoms with Crippen LogP contribution in [0.4, 0.5) is 0 Å². The van der Waals surface area contributed by atoms with Gasteiger partial charge in [0, 0.05) is 5.75 Å². The van der Waals surface area contributed by atoms with E-state index in [0.29, 0.717) is 0 Å². The van der Waals surface area contributed by atoms with Gasteiger partial charge in [-0.15, -0.1) is 10.2 Å². The molecule has 0 amide bonds. The van der Waals surface area contributed by atoms with E-state index in [2.05, 4.69) is 22.8 Å². The third-order valence-corrected chi connectivity index (χ3v) is 3.13. The lowest BCUT2D eigenvalue weighted by Gasteiger charge is -1.91. The molecule has 1 aromatic rings. The predicted octanol–water partition coefficient (Wildman–Crippen LogP) is 1.95. The van der Waals surface area contributed by atoms with Crippen LogP contribution in [0.3, 0.4) is 0 Å². The highest BCUT2D eigenvalue weighted by Crippen LogP contribution is 2.19. The van der Waals surface area contributed by atoms with E-state index in [1.165, 1.54) is 0 Å². The van der Waals surface area contributed by atoms with Gasteiger partial charge in [-0.05, 0) is 12.2 Å². The summed E-state index contributed by atoms with van der Waals surface area (Å²) in [6, 6.07) is 0. The van der Waals surface area contributed by atoms with Crippen molar-refractivity contribution in [1.29, 1.82) is 0 Å². The summed E-state index contributed by atoms with van der Waals surface area (Å²) in [6.45, 7) is 0. The van der Waals surface area contributed by atoms with Crippen molar-refractivity contribution in [2.24, 2.45) is 0 Å². The van der Waals surface area contributed by atoms with Crippen LogP contribution >= 0.6 is 35.7 Å². The molecule has 0 N–H and O–H groups in total. The van der Waals surface area contributed by atoms with E-state index in [0.717, 1.165) is 22.3 Å². The van der Waals surface area contributed by atoms with Gasteiger partial charge in [0.1, 0.15) is 5.51 Å². The van der Waals surface area contributed by atoms with E-state index in [9.17, 15) is 0 Å². The van der Waals surface area contributed by atoms with Crippen LogP contribution in [0.25, 0.3) is 0 Å². The Kier molecular flexibility index (Phi) is 4.16. The molecule has 1 rings (SSSR count). The molecule has 56 valence electrons. The van der Waals surface area contributed by atoms with E-state index in [1.54, 1.807) is 28.6 Å². The number of hydrogen-bond acceptors (Lipinski definition) is 5. The first-order valence-corrected chi connectivity index (χ1v) is 5.43. The standard InChI is InChI=1S/C5H8N2S3/c8-2-1-3-9-5-7-6-4-10-5/h4,8H,1-3H2. The first-order chi connectivity index (χ1) is 4.93. The largest absolute Gasteiger partial charge is 0.179 e. The normalized spacial score (nSPS) is 10.1. The Morgan fingerprint density at radius 2 is 2.60 bits per heavy atom. The summed E-state index contributed by atoms with van der Waals surface area (Å²) in [5.74, 6) is 2.05. The average Bonchev–Trinajstić information content (AvgIpc) is 2.41. The third-order valence-electron chi connectivity index (χ3n) is 0.868. The van der Waals surface area contributed by atoms with Crippen LogP contribution in [-0.2, 0) is 0 Å². The SMILES string of the molecule is SCCCSc1nncs1. The fourth-order valence-corrected chi connectivity index (χ4v) is 2.32. The maximum Gasteiger partial charge on any atom is 0.174 e. The molecule has 0 fully saturated rings. The molecule has 1 aromatic heterocycles. The summed E-state index contributed by atoms with van der Waals surface area (Å²) in [7, 11) is 0. The Labute approximate surface area is 73.9 Å². The van der Waals surface area contributed by atoms with E-state index in [4.69, 9.17) is 0 Å². The Hall–Kier alpha value is 0.260. The highest BCUT2D eigenvalue weighted by atomic mass is 32.2. The smallest absolute Gasteiger partial charge is 0.174 e. The van der Waals surface area contributed by atoms with Crippen molar-refractivity contribution in [2.75, 3.05) is 11.5 Å². The summed E-state index contributed by atoms with van der Waals surface area (Å²) in [4.78, 5) is 0. The number of hydrogen-bond donors (Lipinski definition) is 1. The van der Waals surface area contributed by atoms with Crippen molar-refractivity contribution < 1.29 is 0 Å². The second-order valence-corrected chi connectivity index (χ2v) is 4.25. The van der Waals surface area contributed by atoms with E-state index >= 15 is 0 Å². The molecular formula is C5H8N2S3. The molecule has 0 unspecified atom stereocenters. The zero-order chi connectivity index (χ0) is 7.23. The van der Waals surface area contributed by atoms with E-state index in [1.807, 2.05) is 0 Å². The van der Waals surface area contributed by atoms with Crippen molar-refractivity contribution in [3.05, 3.63) is 5.51 Å². The second kappa shape index (κ2) is 4.98. The second-order valence-electron chi connectivity index (χ2n) is 1.63. The van der Waals surface area contributed by atoms with Crippen LogP contribution in [0.15, 0.2) is 9.85 Å². The Bertz CT molecular complexity index is 163.